The summed E-state index contributed by atoms with van der Waals surface area (Å²) in [5.74, 6) is 1.07. The van der Waals surface area contributed by atoms with Crippen LogP contribution in [-0.4, -0.2) is 52.4 Å². The Morgan fingerprint density at radius 3 is 2.73 bits per heavy atom. The van der Waals surface area contributed by atoms with Gasteiger partial charge in [0.05, 0.1) is 17.3 Å². The van der Waals surface area contributed by atoms with E-state index in [1.165, 1.54) is 11.8 Å². The molecule has 1 aromatic carbocycles. The second kappa shape index (κ2) is 8.22. The van der Waals surface area contributed by atoms with Crippen molar-refractivity contribution in [2.75, 3.05) is 17.3 Å². The Morgan fingerprint density at radius 1 is 1.31 bits per heavy atom. The zero-order valence-electron chi connectivity index (χ0n) is 14.6. The quantitative estimate of drug-likeness (QED) is 0.711. The minimum atomic E-state index is -2.99. The van der Waals surface area contributed by atoms with Crippen LogP contribution < -0.4 is 5.32 Å². The average molecular weight is 395 g/mol. The van der Waals surface area contributed by atoms with Gasteiger partial charge in [0.2, 0.25) is 5.91 Å². The number of sulfone groups is 1. The third-order valence-corrected chi connectivity index (χ3v) is 6.98. The van der Waals surface area contributed by atoms with Gasteiger partial charge in [-0.25, -0.2) is 8.42 Å². The third kappa shape index (κ3) is 4.85. The summed E-state index contributed by atoms with van der Waals surface area (Å²) in [6, 6.07) is 9.78. The van der Waals surface area contributed by atoms with Crippen LogP contribution >= 0.6 is 11.8 Å². The van der Waals surface area contributed by atoms with Crippen molar-refractivity contribution in [3.8, 4) is 0 Å². The maximum atomic E-state index is 12.1. The molecule has 0 bridgehead atoms. The van der Waals surface area contributed by atoms with Gasteiger partial charge >= 0.3 is 0 Å². The zero-order chi connectivity index (χ0) is 18.6. The van der Waals surface area contributed by atoms with Crippen LogP contribution in [0.15, 0.2) is 35.5 Å². The van der Waals surface area contributed by atoms with Crippen molar-refractivity contribution in [2.24, 2.45) is 0 Å². The lowest BCUT2D eigenvalue weighted by atomic mass is 10.1. The number of rotatable bonds is 7. The van der Waals surface area contributed by atoms with Gasteiger partial charge in [-0.1, -0.05) is 42.1 Å². The predicted molar refractivity (Wildman–Crippen MR) is 101 cm³/mol. The number of thioether (sulfide) groups is 1. The van der Waals surface area contributed by atoms with Gasteiger partial charge in [0.25, 0.3) is 0 Å². The molecular weight excluding hydrogens is 372 g/mol. The maximum Gasteiger partial charge on any atom is 0.230 e. The fraction of sp³-hybridized carbons (Fsp3) is 0.471. The molecule has 1 N–H and O–H groups in total. The summed E-state index contributed by atoms with van der Waals surface area (Å²) >= 11 is 1.32. The van der Waals surface area contributed by atoms with Crippen molar-refractivity contribution >= 4 is 27.5 Å². The number of aromatic nitrogens is 3. The first-order valence-corrected chi connectivity index (χ1v) is 11.4. The van der Waals surface area contributed by atoms with Gasteiger partial charge in [0.15, 0.2) is 15.0 Å². The molecule has 1 aliphatic rings. The van der Waals surface area contributed by atoms with Crippen LogP contribution in [0, 0.1) is 0 Å². The molecule has 1 aromatic heterocycles. The highest BCUT2D eigenvalue weighted by atomic mass is 32.2. The highest BCUT2D eigenvalue weighted by Gasteiger charge is 2.28. The maximum absolute atomic E-state index is 12.1. The van der Waals surface area contributed by atoms with Crippen molar-refractivity contribution in [1.29, 1.82) is 0 Å². The normalized spacial score (nSPS) is 18.7. The van der Waals surface area contributed by atoms with E-state index in [-0.39, 0.29) is 29.2 Å². The molecule has 0 radical (unpaired) electrons. The summed E-state index contributed by atoms with van der Waals surface area (Å²) in [4.78, 5) is 12.1. The first-order chi connectivity index (χ1) is 12.5. The van der Waals surface area contributed by atoms with Crippen LogP contribution in [-0.2, 0) is 27.6 Å². The lowest BCUT2D eigenvalue weighted by molar-refractivity contribution is -0.119. The van der Waals surface area contributed by atoms with E-state index in [0.717, 1.165) is 17.9 Å². The van der Waals surface area contributed by atoms with Crippen molar-refractivity contribution < 1.29 is 13.2 Å². The SMILES string of the molecule is CCn1c(Cc2ccccc2)nnc1SCC(=O)N[C@@H]1CCS(=O)(=O)C1. The van der Waals surface area contributed by atoms with Gasteiger partial charge in [0.1, 0.15) is 5.82 Å². The van der Waals surface area contributed by atoms with Crippen molar-refractivity contribution in [3.05, 3.63) is 41.7 Å². The molecule has 1 saturated heterocycles. The van der Waals surface area contributed by atoms with Crippen LogP contribution in [0.3, 0.4) is 0 Å². The molecular formula is C17H22N4O3S2. The molecule has 0 aliphatic carbocycles. The van der Waals surface area contributed by atoms with Crippen molar-refractivity contribution in [3.63, 3.8) is 0 Å². The largest absolute Gasteiger partial charge is 0.352 e. The summed E-state index contributed by atoms with van der Waals surface area (Å²) < 4.78 is 24.9. The van der Waals surface area contributed by atoms with Crippen molar-refractivity contribution in [1.82, 2.24) is 20.1 Å². The molecule has 0 spiro atoms. The Hall–Kier alpha value is -1.87. The van der Waals surface area contributed by atoms with Crippen molar-refractivity contribution in [2.45, 2.75) is 37.5 Å². The molecule has 1 aliphatic heterocycles. The number of benzene rings is 1. The Morgan fingerprint density at radius 2 is 2.08 bits per heavy atom. The number of carbonyl (C=O) groups is 1. The van der Waals surface area contributed by atoms with Crippen LogP contribution in [0.5, 0.6) is 0 Å². The average Bonchev–Trinajstić information content (AvgIpc) is 3.16. The predicted octanol–water partition coefficient (Wildman–Crippen LogP) is 1.28. The first-order valence-electron chi connectivity index (χ1n) is 8.55. The molecule has 7 nitrogen and oxygen atoms in total. The standard InChI is InChI=1S/C17H22N4O3S2/c1-2-21-15(10-13-6-4-3-5-7-13)19-20-17(21)25-11-16(22)18-14-8-9-26(23,24)12-14/h3-7,14H,2,8-12H2,1H3,(H,18,22)/t14-/m1/s1. The fourth-order valence-electron chi connectivity index (χ4n) is 2.96. The molecule has 9 heteroatoms. The molecule has 3 rings (SSSR count). The first kappa shape index (κ1) is 18.9. The second-order valence-electron chi connectivity index (χ2n) is 6.26. The van der Waals surface area contributed by atoms with E-state index in [9.17, 15) is 13.2 Å². The molecule has 2 aromatic rings. The molecule has 26 heavy (non-hydrogen) atoms. The lowest BCUT2D eigenvalue weighted by Gasteiger charge is -2.11. The monoisotopic (exact) mass is 394 g/mol. The molecule has 1 amide bonds. The van der Waals surface area contributed by atoms with Gasteiger partial charge in [-0.2, -0.15) is 0 Å². The minimum absolute atomic E-state index is 0.0375. The number of hydrogen-bond acceptors (Lipinski definition) is 6. The van der Waals surface area contributed by atoms with Gasteiger partial charge < -0.3 is 9.88 Å². The molecule has 0 saturated carbocycles. The number of nitrogens with one attached hydrogen (secondary N) is 1. The van der Waals surface area contributed by atoms with Gasteiger partial charge in [-0.3, -0.25) is 4.79 Å². The Kier molecular flexibility index (Phi) is 5.98. The van der Waals surface area contributed by atoms with Gasteiger partial charge in [-0.15, -0.1) is 10.2 Å². The fourth-order valence-corrected chi connectivity index (χ4v) is 5.47. The zero-order valence-corrected chi connectivity index (χ0v) is 16.2. The Bertz CT molecular complexity index is 865. The van der Waals surface area contributed by atoms with E-state index >= 15 is 0 Å². The van der Waals surface area contributed by atoms with Crippen LogP contribution in [0.4, 0.5) is 0 Å². The number of nitrogens with zero attached hydrogens (tertiary/aromatic N) is 3. The topological polar surface area (TPSA) is 93.9 Å². The second-order valence-corrected chi connectivity index (χ2v) is 9.43. The van der Waals surface area contributed by atoms with E-state index in [1.54, 1.807) is 0 Å². The molecule has 140 valence electrons. The summed E-state index contributed by atoms with van der Waals surface area (Å²) in [7, 11) is -2.99. The van der Waals surface area contributed by atoms with E-state index in [0.29, 0.717) is 18.0 Å². The Labute approximate surface area is 157 Å². The van der Waals surface area contributed by atoms with E-state index in [1.807, 2.05) is 41.8 Å². The molecule has 2 heterocycles. The number of carbonyl (C=O) groups excluding carboxylic acids is 1. The molecule has 0 unspecified atom stereocenters. The van der Waals surface area contributed by atoms with E-state index < -0.39 is 9.84 Å². The summed E-state index contributed by atoms with van der Waals surface area (Å²) in [6.07, 6.45) is 1.18. The number of amides is 1. The van der Waals surface area contributed by atoms with Crippen LogP contribution in [0.1, 0.15) is 24.7 Å². The summed E-state index contributed by atoms with van der Waals surface area (Å²) in [5.41, 5.74) is 1.16. The minimum Gasteiger partial charge on any atom is -0.352 e. The third-order valence-electron chi connectivity index (χ3n) is 4.24. The van der Waals surface area contributed by atoms with E-state index in [2.05, 4.69) is 15.5 Å². The summed E-state index contributed by atoms with van der Waals surface area (Å²) in [5, 5.41) is 12.0. The van der Waals surface area contributed by atoms with Crippen LogP contribution in [0.25, 0.3) is 0 Å². The van der Waals surface area contributed by atoms with Gasteiger partial charge in [-0.05, 0) is 18.9 Å². The van der Waals surface area contributed by atoms with E-state index in [4.69, 9.17) is 0 Å². The Balaban J connectivity index is 1.57. The summed E-state index contributed by atoms with van der Waals surface area (Å²) in [6.45, 7) is 2.74. The molecule has 1 fully saturated rings. The smallest absolute Gasteiger partial charge is 0.230 e. The number of hydrogen-bond donors (Lipinski definition) is 1. The van der Waals surface area contributed by atoms with Gasteiger partial charge in [0, 0.05) is 19.0 Å². The molecule has 1 atom stereocenters. The van der Waals surface area contributed by atoms with Crippen LogP contribution in [0.2, 0.25) is 0 Å². The lowest BCUT2D eigenvalue weighted by Crippen LogP contribution is -2.36. The highest BCUT2D eigenvalue weighted by molar-refractivity contribution is 7.99. The highest BCUT2D eigenvalue weighted by Crippen LogP contribution is 2.19.